The summed E-state index contributed by atoms with van der Waals surface area (Å²) in [7, 11) is -3.91. The van der Waals surface area contributed by atoms with Crippen LogP contribution >= 0.6 is 0 Å². The van der Waals surface area contributed by atoms with Crippen LogP contribution in [0, 0.1) is 0 Å². The average Bonchev–Trinajstić information content (AvgIpc) is 3.19. The molecular weight excluding hydrogens is 408 g/mol. The van der Waals surface area contributed by atoms with E-state index < -0.39 is 28.5 Å². The fourth-order valence-corrected chi connectivity index (χ4v) is 4.72. The smallest absolute Gasteiger partial charge is 0.338 e. The van der Waals surface area contributed by atoms with Crippen LogP contribution in [0.5, 0.6) is 0 Å². The summed E-state index contributed by atoms with van der Waals surface area (Å²) in [6.45, 7) is 1.66. The zero-order valence-corrected chi connectivity index (χ0v) is 17.3. The Hall–Kier alpha value is -3.20. The number of likely N-dealkylation sites (tertiary alicyclic amines) is 1. The van der Waals surface area contributed by atoms with Crippen LogP contribution in [0.3, 0.4) is 0 Å². The number of rotatable bonds is 7. The molecule has 0 N–H and O–H groups in total. The molecule has 9 heteroatoms. The number of benzene rings is 2. The Morgan fingerprint density at radius 1 is 1.10 bits per heavy atom. The lowest BCUT2D eigenvalue weighted by molar-refractivity contribution is -0.143. The molecular formula is C21H22N2O6S. The summed E-state index contributed by atoms with van der Waals surface area (Å²) in [4.78, 5) is 37.0. The van der Waals surface area contributed by atoms with Crippen molar-refractivity contribution < 1.29 is 27.5 Å². The Labute approximate surface area is 175 Å². The maximum atomic E-state index is 13.1. The number of imide groups is 1. The molecule has 1 aliphatic rings. The number of anilines is 1. The van der Waals surface area contributed by atoms with Crippen LogP contribution in [0.4, 0.5) is 5.69 Å². The topological polar surface area (TPSA) is 101 Å². The summed E-state index contributed by atoms with van der Waals surface area (Å²) in [5.74, 6) is -1.71. The highest BCUT2D eigenvalue weighted by atomic mass is 32.2. The molecule has 0 radical (unpaired) electrons. The molecule has 0 atom stereocenters. The van der Waals surface area contributed by atoms with Crippen molar-refractivity contribution >= 4 is 33.5 Å². The van der Waals surface area contributed by atoms with Crippen molar-refractivity contribution in [2.45, 2.75) is 24.7 Å². The van der Waals surface area contributed by atoms with Gasteiger partial charge >= 0.3 is 5.97 Å². The third kappa shape index (κ3) is 4.51. The van der Waals surface area contributed by atoms with Crippen LogP contribution in [0.2, 0.25) is 0 Å². The van der Waals surface area contributed by atoms with E-state index in [1.54, 1.807) is 37.3 Å². The Balaban J connectivity index is 1.75. The molecule has 0 bridgehead atoms. The zero-order chi connectivity index (χ0) is 21.7. The van der Waals surface area contributed by atoms with Crippen LogP contribution in [-0.4, -0.2) is 50.8 Å². The molecule has 2 aromatic carbocycles. The van der Waals surface area contributed by atoms with E-state index in [9.17, 15) is 22.8 Å². The predicted molar refractivity (Wildman–Crippen MR) is 109 cm³/mol. The molecule has 1 heterocycles. The van der Waals surface area contributed by atoms with Gasteiger partial charge in [-0.2, -0.15) is 0 Å². The molecule has 0 saturated carbocycles. The maximum absolute atomic E-state index is 13.1. The third-order valence-electron chi connectivity index (χ3n) is 4.69. The molecule has 0 unspecified atom stereocenters. The first-order valence-corrected chi connectivity index (χ1v) is 11.0. The van der Waals surface area contributed by atoms with Crippen molar-refractivity contribution in [1.82, 2.24) is 4.90 Å². The Kier molecular flexibility index (Phi) is 6.51. The molecule has 1 aliphatic heterocycles. The largest absolute Gasteiger partial charge is 0.452 e. The van der Waals surface area contributed by atoms with Gasteiger partial charge in [0, 0.05) is 19.5 Å². The van der Waals surface area contributed by atoms with E-state index >= 15 is 0 Å². The zero-order valence-electron chi connectivity index (χ0n) is 16.5. The van der Waals surface area contributed by atoms with Crippen LogP contribution in [0.25, 0.3) is 0 Å². The van der Waals surface area contributed by atoms with Crippen LogP contribution in [-0.2, 0) is 24.3 Å². The van der Waals surface area contributed by atoms with Crippen molar-refractivity contribution in [3.05, 3.63) is 60.2 Å². The second kappa shape index (κ2) is 9.08. The molecule has 1 fully saturated rings. The summed E-state index contributed by atoms with van der Waals surface area (Å²) >= 11 is 0. The molecule has 3 rings (SSSR count). The van der Waals surface area contributed by atoms with E-state index in [0.29, 0.717) is 25.1 Å². The van der Waals surface area contributed by atoms with Crippen molar-refractivity contribution in [1.29, 1.82) is 0 Å². The second-order valence-corrected chi connectivity index (χ2v) is 8.51. The van der Waals surface area contributed by atoms with Crippen molar-refractivity contribution in [3.63, 3.8) is 0 Å². The summed E-state index contributed by atoms with van der Waals surface area (Å²) in [5, 5.41) is 0. The number of sulfonamides is 1. The van der Waals surface area contributed by atoms with Gasteiger partial charge in [0.2, 0.25) is 5.91 Å². The third-order valence-corrected chi connectivity index (χ3v) is 6.59. The fraction of sp³-hybridized carbons (Fsp3) is 0.286. The maximum Gasteiger partial charge on any atom is 0.338 e. The number of carbonyl (C=O) groups excluding carboxylic acids is 3. The van der Waals surface area contributed by atoms with Gasteiger partial charge in [-0.25, -0.2) is 13.2 Å². The van der Waals surface area contributed by atoms with E-state index in [2.05, 4.69) is 0 Å². The quantitative estimate of drug-likeness (QED) is 0.624. The number of hydrogen-bond acceptors (Lipinski definition) is 6. The molecule has 2 aromatic rings. The number of carbonyl (C=O) groups is 3. The fourth-order valence-electron chi connectivity index (χ4n) is 3.20. The Morgan fingerprint density at radius 3 is 2.47 bits per heavy atom. The van der Waals surface area contributed by atoms with Gasteiger partial charge in [-0.15, -0.1) is 0 Å². The molecule has 2 amide bonds. The minimum atomic E-state index is -3.91. The average molecular weight is 430 g/mol. The number of hydrogen-bond donors (Lipinski definition) is 0. The molecule has 0 aromatic heterocycles. The van der Waals surface area contributed by atoms with Gasteiger partial charge in [-0.3, -0.25) is 18.8 Å². The molecule has 8 nitrogen and oxygen atoms in total. The van der Waals surface area contributed by atoms with Crippen LogP contribution in [0.1, 0.15) is 30.1 Å². The summed E-state index contributed by atoms with van der Waals surface area (Å²) in [6, 6.07) is 14.1. The molecule has 0 spiro atoms. The summed E-state index contributed by atoms with van der Waals surface area (Å²) in [5.41, 5.74) is 0.509. The number of nitrogens with zero attached hydrogens (tertiary/aromatic N) is 2. The predicted octanol–water partition coefficient (Wildman–Crippen LogP) is 2.21. The molecule has 30 heavy (non-hydrogen) atoms. The SMILES string of the molecule is CCN(c1ccccc1)S(=O)(=O)c1cccc(C(=O)OCC(=O)N2CCCC2=O)c1. The lowest BCUT2D eigenvalue weighted by Crippen LogP contribution is -2.35. The number of esters is 1. The van der Waals surface area contributed by atoms with E-state index in [-0.39, 0.29) is 22.9 Å². The lowest BCUT2D eigenvalue weighted by atomic mass is 10.2. The van der Waals surface area contributed by atoms with Gasteiger partial charge in [-0.1, -0.05) is 24.3 Å². The summed E-state index contributed by atoms with van der Waals surface area (Å²) < 4.78 is 32.4. The minimum absolute atomic E-state index is 0.000684. The van der Waals surface area contributed by atoms with Gasteiger partial charge in [0.25, 0.3) is 15.9 Å². The molecule has 158 valence electrons. The summed E-state index contributed by atoms with van der Waals surface area (Å²) in [6.07, 6.45) is 0.892. The molecule has 0 aliphatic carbocycles. The number of amides is 2. The highest BCUT2D eigenvalue weighted by Gasteiger charge is 2.28. The van der Waals surface area contributed by atoms with Crippen LogP contribution in [0.15, 0.2) is 59.5 Å². The molecule has 1 saturated heterocycles. The van der Waals surface area contributed by atoms with Crippen LogP contribution < -0.4 is 4.31 Å². The normalized spacial score (nSPS) is 13.9. The van der Waals surface area contributed by atoms with E-state index in [0.717, 1.165) is 4.90 Å². The lowest BCUT2D eigenvalue weighted by Gasteiger charge is -2.23. The first-order chi connectivity index (χ1) is 14.3. The van der Waals surface area contributed by atoms with E-state index in [1.807, 2.05) is 0 Å². The minimum Gasteiger partial charge on any atom is -0.452 e. The van der Waals surface area contributed by atoms with Crippen molar-refractivity contribution in [2.75, 3.05) is 24.0 Å². The van der Waals surface area contributed by atoms with Gasteiger partial charge in [0.05, 0.1) is 16.1 Å². The first-order valence-electron chi connectivity index (χ1n) is 9.52. The first kappa shape index (κ1) is 21.5. The number of para-hydroxylation sites is 1. The van der Waals surface area contributed by atoms with Gasteiger partial charge < -0.3 is 4.74 Å². The van der Waals surface area contributed by atoms with Gasteiger partial charge in [-0.05, 0) is 43.7 Å². The highest BCUT2D eigenvalue weighted by molar-refractivity contribution is 7.92. The van der Waals surface area contributed by atoms with Crippen molar-refractivity contribution in [3.8, 4) is 0 Å². The number of ether oxygens (including phenoxy) is 1. The van der Waals surface area contributed by atoms with Gasteiger partial charge in [0.15, 0.2) is 6.61 Å². The van der Waals surface area contributed by atoms with Crippen molar-refractivity contribution in [2.24, 2.45) is 0 Å². The standard InChI is InChI=1S/C21H22N2O6S/c1-2-23(17-9-4-3-5-10-17)30(27,28)18-11-6-8-16(14-18)21(26)29-15-20(25)22-13-7-12-19(22)24/h3-6,8-11,14H,2,7,12-13,15H2,1H3. The Bertz CT molecular complexity index is 1050. The highest BCUT2D eigenvalue weighted by Crippen LogP contribution is 2.24. The van der Waals surface area contributed by atoms with E-state index in [1.165, 1.54) is 28.6 Å². The van der Waals surface area contributed by atoms with Gasteiger partial charge in [0.1, 0.15) is 0 Å². The Morgan fingerprint density at radius 2 is 1.83 bits per heavy atom. The second-order valence-electron chi connectivity index (χ2n) is 6.65. The van der Waals surface area contributed by atoms with E-state index in [4.69, 9.17) is 4.74 Å². The monoisotopic (exact) mass is 430 g/mol.